The molecule has 1 unspecified atom stereocenters. The van der Waals surface area contributed by atoms with E-state index in [-0.39, 0.29) is 11.6 Å². The van der Waals surface area contributed by atoms with Gasteiger partial charge in [0.2, 0.25) is 0 Å². The summed E-state index contributed by atoms with van der Waals surface area (Å²) in [7, 11) is 3.44. The summed E-state index contributed by atoms with van der Waals surface area (Å²) in [6, 6.07) is 2.28. The molecule has 4 nitrogen and oxygen atoms in total. The molecule has 4 heteroatoms. The second kappa shape index (κ2) is 7.46. The van der Waals surface area contributed by atoms with Gasteiger partial charge in [-0.1, -0.05) is 6.92 Å². The lowest BCUT2D eigenvalue weighted by atomic mass is 9.95. The summed E-state index contributed by atoms with van der Waals surface area (Å²) < 4.78 is 10.9. The molecule has 0 aliphatic heterocycles. The number of aromatic nitrogens is 1. The Bertz CT molecular complexity index is 380. The molecule has 1 aromatic rings. The molecule has 0 radical (unpaired) electrons. The zero-order chi connectivity index (χ0) is 14.3. The Morgan fingerprint density at radius 1 is 1.37 bits per heavy atom. The van der Waals surface area contributed by atoms with Gasteiger partial charge in [-0.25, -0.2) is 0 Å². The molecule has 0 fully saturated rings. The molecule has 108 valence electrons. The van der Waals surface area contributed by atoms with Crippen LogP contribution in [0.5, 0.6) is 5.75 Å². The Balaban J connectivity index is 2.82. The number of hydrogen-bond acceptors (Lipinski definition) is 4. The van der Waals surface area contributed by atoms with Gasteiger partial charge >= 0.3 is 0 Å². The highest BCUT2D eigenvalue weighted by Gasteiger charge is 2.21. The summed E-state index contributed by atoms with van der Waals surface area (Å²) in [5.41, 5.74) is 1.06. The highest BCUT2D eigenvalue weighted by Crippen LogP contribution is 2.29. The van der Waals surface area contributed by atoms with E-state index in [1.54, 1.807) is 20.4 Å². The molecule has 0 bridgehead atoms. The fraction of sp³-hybridized carbons (Fsp3) is 0.667. The summed E-state index contributed by atoms with van der Waals surface area (Å²) in [6.07, 6.45) is 5.55. The number of rotatable bonds is 8. The van der Waals surface area contributed by atoms with Crippen LogP contribution in [0.15, 0.2) is 18.5 Å². The van der Waals surface area contributed by atoms with Gasteiger partial charge in [-0.2, -0.15) is 0 Å². The van der Waals surface area contributed by atoms with Gasteiger partial charge in [0, 0.05) is 24.9 Å². The molecule has 1 rings (SSSR count). The maximum atomic E-state index is 5.49. The number of hydrogen-bond donors (Lipinski definition) is 1. The van der Waals surface area contributed by atoms with Crippen molar-refractivity contribution in [3.05, 3.63) is 24.0 Å². The first-order chi connectivity index (χ1) is 9.04. The Morgan fingerprint density at radius 2 is 2.11 bits per heavy atom. The van der Waals surface area contributed by atoms with Gasteiger partial charge in [0.15, 0.2) is 0 Å². The molecular formula is C15H26N2O2. The van der Waals surface area contributed by atoms with Gasteiger partial charge in [-0.15, -0.1) is 0 Å². The lowest BCUT2D eigenvalue weighted by Crippen LogP contribution is -2.27. The average molecular weight is 266 g/mol. The van der Waals surface area contributed by atoms with Crippen molar-refractivity contribution in [1.82, 2.24) is 10.3 Å². The minimum atomic E-state index is -0.103. The van der Waals surface area contributed by atoms with Crippen molar-refractivity contribution in [3.63, 3.8) is 0 Å². The topological polar surface area (TPSA) is 43.4 Å². The quantitative estimate of drug-likeness (QED) is 0.785. The van der Waals surface area contributed by atoms with E-state index in [1.165, 1.54) is 0 Å². The third kappa shape index (κ3) is 4.80. The maximum Gasteiger partial charge on any atom is 0.141 e. The SMILES string of the molecule is CCNC(CCC(C)(C)OC)c1ccncc1OC. The minimum Gasteiger partial charge on any atom is -0.495 e. The Kier molecular flexibility index (Phi) is 6.25. The van der Waals surface area contributed by atoms with Crippen molar-refractivity contribution in [2.75, 3.05) is 20.8 Å². The standard InChI is InChI=1S/C15H26N2O2/c1-6-17-13(7-9-15(2,3)19-5)12-8-10-16-11-14(12)18-4/h8,10-11,13,17H,6-7,9H2,1-5H3. The van der Waals surface area contributed by atoms with Crippen LogP contribution >= 0.6 is 0 Å². The predicted molar refractivity (Wildman–Crippen MR) is 77.5 cm³/mol. The first kappa shape index (κ1) is 15.9. The third-order valence-electron chi connectivity index (χ3n) is 3.45. The first-order valence-electron chi connectivity index (χ1n) is 6.80. The van der Waals surface area contributed by atoms with E-state index in [1.807, 2.05) is 12.3 Å². The summed E-state index contributed by atoms with van der Waals surface area (Å²) in [5, 5.41) is 3.51. The van der Waals surface area contributed by atoms with Crippen LogP contribution in [0.4, 0.5) is 0 Å². The van der Waals surface area contributed by atoms with Crippen LogP contribution in [-0.2, 0) is 4.74 Å². The highest BCUT2D eigenvalue weighted by molar-refractivity contribution is 5.32. The summed E-state index contributed by atoms with van der Waals surface area (Å²) >= 11 is 0. The normalized spacial score (nSPS) is 13.3. The van der Waals surface area contributed by atoms with Crippen LogP contribution in [0.25, 0.3) is 0 Å². The molecule has 19 heavy (non-hydrogen) atoms. The molecule has 1 heterocycles. The molecule has 1 atom stereocenters. The zero-order valence-electron chi connectivity index (χ0n) is 12.7. The smallest absolute Gasteiger partial charge is 0.141 e. The highest BCUT2D eigenvalue weighted by atomic mass is 16.5. The van der Waals surface area contributed by atoms with Crippen molar-refractivity contribution in [3.8, 4) is 5.75 Å². The monoisotopic (exact) mass is 266 g/mol. The largest absolute Gasteiger partial charge is 0.495 e. The zero-order valence-corrected chi connectivity index (χ0v) is 12.7. The van der Waals surface area contributed by atoms with Gasteiger partial charge in [-0.3, -0.25) is 4.98 Å². The van der Waals surface area contributed by atoms with Crippen LogP contribution < -0.4 is 10.1 Å². The Morgan fingerprint density at radius 3 is 2.68 bits per heavy atom. The summed E-state index contributed by atoms with van der Waals surface area (Å²) in [5.74, 6) is 0.837. The lowest BCUT2D eigenvalue weighted by molar-refractivity contribution is 0.0116. The van der Waals surface area contributed by atoms with Gasteiger partial charge in [0.25, 0.3) is 0 Å². The van der Waals surface area contributed by atoms with Crippen LogP contribution in [0.1, 0.15) is 45.2 Å². The molecule has 0 spiro atoms. The Hall–Kier alpha value is -1.13. The molecule has 0 saturated heterocycles. The van der Waals surface area contributed by atoms with Gasteiger partial charge in [0.1, 0.15) is 5.75 Å². The van der Waals surface area contributed by atoms with E-state index >= 15 is 0 Å². The number of methoxy groups -OCH3 is 2. The predicted octanol–water partition coefficient (Wildman–Crippen LogP) is 2.95. The molecule has 0 amide bonds. The van der Waals surface area contributed by atoms with E-state index in [0.29, 0.717) is 0 Å². The van der Waals surface area contributed by atoms with Crippen LogP contribution in [0, 0.1) is 0 Å². The molecule has 1 N–H and O–H groups in total. The molecule has 1 aromatic heterocycles. The van der Waals surface area contributed by atoms with Crippen molar-refractivity contribution in [1.29, 1.82) is 0 Å². The van der Waals surface area contributed by atoms with E-state index in [9.17, 15) is 0 Å². The van der Waals surface area contributed by atoms with Crippen molar-refractivity contribution >= 4 is 0 Å². The first-order valence-corrected chi connectivity index (χ1v) is 6.80. The summed E-state index contributed by atoms with van der Waals surface area (Å²) in [6.45, 7) is 7.26. The summed E-state index contributed by atoms with van der Waals surface area (Å²) in [4.78, 5) is 4.11. The molecule has 0 aliphatic rings. The van der Waals surface area contributed by atoms with Crippen LogP contribution in [0.3, 0.4) is 0 Å². The van der Waals surface area contributed by atoms with Gasteiger partial charge in [0.05, 0.1) is 18.9 Å². The molecule has 0 aliphatic carbocycles. The van der Waals surface area contributed by atoms with E-state index in [2.05, 4.69) is 31.1 Å². The fourth-order valence-corrected chi connectivity index (χ4v) is 2.06. The van der Waals surface area contributed by atoms with Gasteiger partial charge in [-0.05, 0) is 39.3 Å². The van der Waals surface area contributed by atoms with Crippen molar-refractivity contribution in [2.24, 2.45) is 0 Å². The molecular weight excluding hydrogens is 240 g/mol. The van der Waals surface area contributed by atoms with E-state index < -0.39 is 0 Å². The lowest BCUT2D eigenvalue weighted by Gasteiger charge is -2.27. The minimum absolute atomic E-state index is 0.103. The number of nitrogens with one attached hydrogen (secondary N) is 1. The van der Waals surface area contributed by atoms with E-state index in [4.69, 9.17) is 9.47 Å². The van der Waals surface area contributed by atoms with Crippen LogP contribution in [0.2, 0.25) is 0 Å². The molecule has 0 aromatic carbocycles. The van der Waals surface area contributed by atoms with Gasteiger partial charge < -0.3 is 14.8 Å². The number of pyridine rings is 1. The fourth-order valence-electron chi connectivity index (χ4n) is 2.06. The number of nitrogens with zero attached hydrogens (tertiary/aromatic N) is 1. The maximum absolute atomic E-state index is 5.49. The van der Waals surface area contributed by atoms with E-state index in [0.717, 1.165) is 30.7 Å². The van der Waals surface area contributed by atoms with Crippen molar-refractivity contribution < 1.29 is 9.47 Å². The third-order valence-corrected chi connectivity index (χ3v) is 3.45. The van der Waals surface area contributed by atoms with Crippen LogP contribution in [-0.4, -0.2) is 31.3 Å². The molecule has 0 saturated carbocycles. The second-order valence-electron chi connectivity index (χ2n) is 5.23. The average Bonchev–Trinajstić information content (AvgIpc) is 2.43. The van der Waals surface area contributed by atoms with Crippen molar-refractivity contribution in [2.45, 2.75) is 45.3 Å². The second-order valence-corrected chi connectivity index (χ2v) is 5.23. The Labute approximate surface area is 116 Å². The number of ether oxygens (including phenoxy) is 2.